The maximum Gasteiger partial charge on any atom is 0.269 e. The molecule has 1 unspecified atom stereocenters. The number of amidine groups is 1. The molecule has 2 rings (SSSR count). The highest BCUT2D eigenvalue weighted by molar-refractivity contribution is 8.14. The monoisotopic (exact) mass is 303 g/mol. The highest BCUT2D eigenvalue weighted by Crippen LogP contribution is 2.23. The SMILES string of the molecule is Cl.N=C1SCCN1CC(O)c1cccc([N+](=O)[O-])c1. The lowest BCUT2D eigenvalue weighted by Crippen LogP contribution is -2.28. The first-order valence-corrected chi connectivity index (χ1v) is 6.45. The summed E-state index contributed by atoms with van der Waals surface area (Å²) in [5.41, 5.74) is 0.478. The van der Waals surface area contributed by atoms with Crippen molar-refractivity contribution in [2.45, 2.75) is 6.10 Å². The summed E-state index contributed by atoms with van der Waals surface area (Å²) in [6.07, 6.45) is -0.816. The fourth-order valence-corrected chi connectivity index (χ4v) is 2.63. The Hall–Kier alpha value is -1.31. The van der Waals surface area contributed by atoms with Gasteiger partial charge in [0.1, 0.15) is 0 Å². The van der Waals surface area contributed by atoms with Gasteiger partial charge in [-0.25, -0.2) is 0 Å². The van der Waals surface area contributed by atoms with E-state index in [1.807, 2.05) is 0 Å². The van der Waals surface area contributed by atoms with Gasteiger partial charge in [0.25, 0.3) is 5.69 Å². The molecule has 0 spiro atoms. The zero-order chi connectivity index (χ0) is 13.1. The number of non-ortho nitro benzene ring substituents is 1. The van der Waals surface area contributed by atoms with Gasteiger partial charge in [0.05, 0.1) is 11.0 Å². The van der Waals surface area contributed by atoms with Crippen molar-refractivity contribution in [2.75, 3.05) is 18.8 Å². The van der Waals surface area contributed by atoms with Crippen LogP contribution in [0.25, 0.3) is 0 Å². The van der Waals surface area contributed by atoms with Crippen LogP contribution in [0.4, 0.5) is 5.69 Å². The molecular formula is C11H14ClN3O3S. The summed E-state index contributed by atoms with van der Waals surface area (Å²) in [5.74, 6) is 0.848. The van der Waals surface area contributed by atoms with Gasteiger partial charge in [-0.1, -0.05) is 23.9 Å². The lowest BCUT2D eigenvalue weighted by Gasteiger charge is -2.20. The van der Waals surface area contributed by atoms with Crippen molar-refractivity contribution in [2.24, 2.45) is 0 Å². The fourth-order valence-electron chi connectivity index (χ4n) is 1.78. The molecule has 6 nitrogen and oxygen atoms in total. The van der Waals surface area contributed by atoms with E-state index in [0.29, 0.717) is 17.3 Å². The number of hydrogen-bond acceptors (Lipinski definition) is 5. The van der Waals surface area contributed by atoms with Crippen molar-refractivity contribution < 1.29 is 10.0 Å². The third-order valence-corrected chi connectivity index (χ3v) is 3.66. The van der Waals surface area contributed by atoms with E-state index in [0.717, 1.165) is 12.3 Å². The summed E-state index contributed by atoms with van der Waals surface area (Å²) in [7, 11) is 0. The van der Waals surface area contributed by atoms with Crippen LogP contribution in [0.5, 0.6) is 0 Å². The minimum absolute atomic E-state index is 0. The van der Waals surface area contributed by atoms with Gasteiger partial charge in [-0.2, -0.15) is 0 Å². The molecule has 1 aromatic rings. The van der Waals surface area contributed by atoms with Gasteiger partial charge in [-0.3, -0.25) is 15.5 Å². The van der Waals surface area contributed by atoms with Gasteiger partial charge in [0.15, 0.2) is 5.17 Å². The molecule has 104 valence electrons. The highest BCUT2D eigenvalue weighted by Gasteiger charge is 2.22. The Bertz CT molecular complexity index is 486. The van der Waals surface area contributed by atoms with Gasteiger partial charge >= 0.3 is 0 Å². The van der Waals surface area contributed by atoms with Crippen LogP contribution in [-0.4, -0.2) is 38.9 Å². The maximum atomic E-state index is 10.6. The van der Waals surface area contributed by atoms with Crippen LogP contribution in [0, 0.1) is 15.5 Å². The van der Waals surface area contributed by atoms with Crippen LogP contribution in [0.15, 0.2) is 24.3 Å². The molecule has 1 fully saturated rings. The third kappa shape index (κ3) is 3.82. The Labute approximate surface area is 120 Å². The summed E-state index contributed by atoms with van der Waals surface area (Å²) in [6.45, 7) is 1.03. The van der Waals surface area contributed by atoms with Crippen molar-refractivity contribution in [3.63, 3.8) is 0 Å². The molecule has 0 saturated carbocycles. The number of hydrogen-bond donors (Lipinski definition) is 2. The Morgan fingerprint density at radius 2 is 2.32 bits per heavy atom. The van der Waals surface area contributed by atoms with E-state index in [4.69, 9.17) is 5.41 Å². The number of halogens is 1. The van der Waals surface area contributed by atoms with Crippen LogP contribution in [-0.2, 0) is 0 Å². The Kier molecular flexibility index (Phi) is 5.59. The minimum Gasteiger partial charge on any atom is -0.387 e. The molecule has 0 bridgehead atoms. The Morgan fingerprint density at radius 1 is 1.58 bits per heavy atom. The summed E-state index contributed by atoms with van der Waals surface area (Å²) in [5, 5.41) is 28.8. The first-order valence-electron chi connectivity index (χ1n) is 5.46. The molecule has 1 atom stereocenters. The zero-order valence-corrected chi connectivity index (χ0v) is 11.6. The van der Waals surface area contributed by atoms with Crippen molar-refractivity contribution in [1.29, 1.82) is 5.41 Å². The number of nitrogens with zero attached hydrogens (tertiary/aromatic N) is 2. The number of aliphatic hydroxyl groups excluding tert-OH is 1. The molecular weight excluding hydrogens is 290 g/mol. The average molecular weight is 304 g/mol. The highest BCUT2D eigenvalue weighted by atomic mass is 35.5. The number of benzene rings is 1. The second kappa shape index (κ2) is 6.74. The molecule has 1 aliphatic heterocycles. The molecule has 0 aliphatic carbocycles. The van der Waals surface area contributed by atoms with Gasteiger partial charge < -0.3 is 10.0 Å². The molecule has 1 heterocycles. The van der Waals surface area contributed by atoms with E-state index in [1.165, 1.54) is 23.9 Å². The van der Waals surface area contributed by atoms with Crippen molar-refractivity contribution in [3.05, 3.63) is 39.9 Å². The molecule has 8 heteroatoms. The van der Waals surface area contributed by atoms with E-state index in [-0.39, 0.29) is 18.1 Å². The average Bonchev–Trinajstić information content (AvgIpc) is 2.75. The van der Waals surface area contributed by atoms with Gasteiger partial charge in [0, 0.05) is 31.0 Å². The first kappa shape index (κ1) is 15.7. The largest absolute Gasteiger partial charge is 0.387 e. The van der Waals surface area contributed by atoms with E-state index in [1.54, 1.807) is 17.0 Å². The molecule has 1 saturated heterocycles. The van der Waals surface area contributed by atoms with Crippen molar-refractivity contribution >= 4 is 35.0 Å². The zero-order valence-electron chi connectivity index (χ0n) is 9.98. The molecule has 1 aliphatic rings. The van der Waals surface area contributed by atoms with Gasteiger partial charge in [0.2, 0.25) is 0 Å². The second-order valence-electron chi connectivity index (χ2n) is 3.97. The number of nitro groups is 1. The van der Waals surface area contributed by atoms with E-state index in [2.05, 4.69) is 0 Å². The minimum atomic E-state index is -0.816. The van der Waals surface area contributed by atoms with Crippen LogP contribution < -0.4 is 0 Å². The third-order valence-electron chi connectivity index (χ3n) is 2.75. The summed E-state index contributed by atoms with van der Waals surface area (Å²) in [4.78, 5) is 11.9. The van der Waals surface area contributed by atoms with Gasteiger partial charge in [-0.05, 0) is 5.56 Å². The number of β-amino-alcohol motifs (C(OH)–C–C–N with tert-alkyl or cyclic N) is 1. The number of aliphatic hydroxyl groups is 1. The topological polar surface area (TPSA) is 90.5 Å². The smallest absolute Gasteiger partial charge is 0.269 e. The lowest BCUT2D eigenvalue weighted by molar-refractivity contribution is -0.385. The van der Waals surface area contributed by atoms with Crippen LogP contribution in [0.2, 0.25) is 0 Å². The second-order valence-corrected chi connectivity index (χ2v) is 5.05. The Morgan fingerprint density at radius 3 is 2.89 bits per heavy atom. The molecule has 1 aromatic carbocycles. The molecule has 2 N–H and O–H groups in total. The number of thioether (sulfide) groups is 1. The standard InChI is InChI=1S/C11H13N3O3S.ClH/c12-11-13(4-5-18-11)7-10(15)8-2-1-3-9(6-8)14(16)17;/h1-3,6,10,12,15H,4-5,7H2;1H. The maximum absolute atomic E-state index is 10.6. The van der Waals surface area contributed by atoms with Gasteiger partial charge in [-0.15, -0.1) is 12.4 Å². The van der Waals surface area contributed by atoms with E-state index in [9.17, 15) is 15.2 Å². The normalized spacial score (nSPS) is 16.1. The number of nitrogens with one attached hydrogen (secondary N) is 1. The van der Waals surface area contributed by atoms with E-state index < -0.39 is 11.0 Å². The number of rotatable bonds is 4. The van der Waals surface area contributed by atoms with Crippen LogP contribution in [0.1, 0.15) is 11.7 Å². The number of nitro benzene ring substituents is 1. The summed E-state index contributed by atoms with van der Waals surface area (Å²) in [6, 6.07) is 5.98. The Balaban J connectivity index is 0.00000180. The predicted octanol–water partition coefficient (Wildman–Crippen LogP) is 2.03. The lowest BCUT2D eigenvalue weighted by atomic mass is 10.1. The molecule has 19 heavy (non-hydrogen) atoms. The first-order chi connectivity index (χ1) is 8.58. The predicted molar refractivity (Wildman–Crippen MR) is 77.1 cm³/mol. The molecule has 0 aromatic heterocycles. The van der Waals surface area contributed by atoms with Crippen LogP contribution in [0.3, 0.4) is 0 Å². The summed E-state index contributed by atoms with van der Waals surface area (Å²) >= 11 is 1.44. The van der Waals surface area contributed by atoms with Crippen molar-refractivity contribution in [1.82, 2.24) is 4.90 Å². The van der Waals surface area contributed by atoms with Crippen molar-refractivity contribution in [3.8, 4) is 0 Å². The molecule has 0 amide bonds. The van der Waals surface area contributed by atoms with E-state index >= 15 is 0 Å². The quantitative estimate of drug-likeness (QED) is 0.656. The summed E-state index contributed by atoms with van der Waals surface area (Å²) < 4.78 is 0. The van der Waals surface area contributed by atoms with Crippen LogP contribution >= 0.6 is 24.2 Å². The molecule has 0 radical (unpaired) electrons. The fraction of sp³-hybridized carbons (Fsp3) is 0.364.